The van der Waals surface area contributed by atoms with Crippen molar-refractivity contribution in [3.8, 4) is 5.75 Å². The summed E-state index contributed by atoms with van der Waals surface area (Å²) in [6.45, 7) is 0.538. The molecule has 4 nitrogen and oxygen atoms in total. The van der Waals surface area contributed by atoms with Crippen LogP contribution in [0.15, 0.2) is 48.5 Å². The van der Waals surface area contributed by atoms with Gasteiger partial charge in [0.15, 0.2) is 0 Å². The summed E-state index contributed by atoms with van der Waals surface area (Å²) in [5.74, 6) is 0.586. The van der Waals surface area contributed by atoms with Crippen LogP contribution in [0.4, 0.5) is 4.39 Å². The average molecular weight is 384 g/mol. The highest BCUT2D eigenvalue weighted by Gasteiger charge is 2.32. The number of para-hydroxylation sites is 1. The van der Waals surface area contributed by atoms with Gasteiger partial charge in [-0.15, -0.1) is 11.3 Å². The predicted molar refractivity (Wildman–Crippen MR) is 106 cm³/mol. The van der Waals surface area contributed by atoms with Crippen LogP contribution in [0.5, 0.6) is 5.75 Å². The van der Waals surface area contributed by atoms with Gasteiger partial charge in [0.05, 0.1) is 4.88 Å². The highest BCUT2D eigenvalue weighted by molar-refractivity contribution is 7.21. The van der Waals surface area contributed by atoms with Crippen LogP contribution in [0.1, 0.15) is 28.1 Å². The second-order valence-corrected chi connectivity index (χ2v) is 7.83. The molecule has 1 aromatic heterocycles. The number of hydrogen-bond acceptors (Lipinski definition) is 4. The molecule has 3 aromatic rings. The minimum atomic E-state index is -0.341. The average Bonchev–Trinajstić information content (AvgIpc) is 3.46. The second kappa shape index (κ2) is 7.66. The van der Waals surface area contributed by atoms with E-state index in [0.29, 0.717) is 34.0 Å². The molecule has 1 unspecified atom stereocenters. The molecule has 6 heteroatoms. The minimum absolute atomic E-state index is 0.0320. The van der Waals surface area contributed by atoms with Crippen molar-refractivity contribution in [2.75, 3.05) is 6.54 Å². The maximum atomic E-state index is 14.5. The lowest BCUT2D eigenvalue weighted by atomic mass is 10.1. The van der Waals surface area contributed by atoms with Crippen LogP contribution in [-0.4, -0.2) is 18.5 Å². The van der Waals surface area contributed by atoms with E-state index in [4.69, 9.17) is 10.5 Å². The van der Waals surface area contributed by atoms with Gasteiger partial charge in [-0.1, -0.05) is 24.3 Å². The number of carbonyl (C=O) groups is 1. The van der Waals surface area contributed by atoms with Gasteiger partial charge < -0.3 is 15.8 Å². The molecule has 1 amide bonds. The topological polar surface area (TPSA) is 64.3 Å². The predicted octanol–water partition coefficient (Wildman–Crippen LogP) is 4.09. The first-order valence-electron chi connectivity index (χ1n) is 9.06. The first-order valence-corrected chi connectivity index (χ1v) is 9.87. The Balaban J connectivity index is 1.66. The smallest absolute Gasteiger partial charge is 0.262 e. The van der Waals surface area contributed by atoms with Gasteiger partial charge in [0.1, 0.15) is 18.2 Å². The number of halogens is 1. The fourth-order valence-electron chi connectivity index (χ4n) is 3.26. The zero-order valence-corrected chi connectivity index (χ0v) is 15.6. The largest absolute Gasteiger partial charge is 0.489 e. The van der Waals surface area contributed by atoms with Crippen molar-refractivity contribution in [3.63, 3.8) is 0 Å². The molecule has 0 radical (unpaired) electrons. The van der Waals surface area contributed by atoms with Crippen molar-refractivity contribution in [2.24, 2.45) is 11.7 Å². The fraction of sp³-hybridized carbons (Fsp3) is 0.286. The lowest BCUT2D eigenvalue weighted by Crippen LogP contribution is -2.41. The Kier molecular flexibility index (Phi) is 5.09. The first kappa shape index (κ1) is 17.9. The summed E-state index contributed by atoms with van der Waals surface area (Å²) in [6, 6.07) is 14.2. The van der Waals surface area contributed by atoms with Gasteiger partial charge in [0.2, 0.25) is 0 Å². The van der Waals surface area contributed by atoms with Gasteiger partial charge in [-0.3, -0.25) is 4.79 Å². The van der Waals surface area contributed by atoms with Gasteiger partial charge in [-0.25, -0.2) is 4.39 Å². The molecule has 0 saturated heterocycles. The minimum Gasteiger partial charge on any atom is -0.489 e. The van der Waals surface area contributed by atoms with Gasteiger partial charge in [0.25, 0.3) is 5.91 Å². The highest BCUT2D eigenvalue weighted by atomic mass is 32.1. The van der Waals surface area contributed by atoms with Crippen LogP contribution in [0, 0.1) is 11.7 Å². The highest BCUT2D eigenvalue weighted by Crippen LogP contribution is 2.36. The quantitative estimate of drug-likeness (QED) is 0.645. The van der Waals surface area contributed by atoms with Crippen molar-refractivity contribution in [1.82, 2.24) is 5.32 Å². The first-order chi connectivity index (χ1) is 13.2. The number of rotatable bonds is 7. The van der Waals surface area contributed by atoms with E-state index in [9.17, 15) is 9.18 Å². The fourth-order valence-corrected chi connectivity index (χ4v) is 4.39. The van der Waals surface area contributed by atoms with Crippen molar-refractivity contribution >= 4 is 27.3 Å². The van der Waals surface area contributed by atoms with Crippen molar-refractivity contribution < 1.29 is 13.9 Å². The number of hydrogen-bond donors (Lipinski definition) is 2. The van der Waals surface area contributed by atoms with E-state index >= 15 is 0 Å². The summed E-state index contributed by atoms with van der Waals surface area (Å²) < 4.78 is 21.1. The Morgan fingerprint density at radius 1 is 1.22 bits per heavy atom. The van der Waals surface area contributed by atoms with Crippen LogP contribution in [0.2, 0.25) is 0 Å². The molecule has 4 rings (SSSR count). The molecule has 1 atom stereocenters. The normalized spacial score (nSPS) is 14.9. The van der Waals surface area contributed by atoms with E-state index in [1.54, 1.807) is 6.07 Å². The molecule has 1 heterocycles. The molecule has 140 valence electrons. The third kappa shape index (κ3) is 3.82. The van der Waals surface area contributed by atoms with Gasteiger partial charge in [-0.2, -0.15) is 0 Å². The maximum absolute atomic E-state index is 14.5. The van der Waals surface area contributed by atoms with E-state index in [1.165, 1.54) is 17.4 Å². The Labute approximate surface area is 161 Å². The van der Waals surface area contributed by atoms with E-state index in [-0.39, 0.29) is 24.4 Å². The summed E-state index contributed by atoms with van der Waals surface area (Å²) in [6.07, 6.45) is 2.18. The molecule has 27 heavy (non-hydrogen) atoms. The Morgan fingerprint density at radius 3 is 2.70 bits per heavy atom. The molecule has 1 aliphatic carbocycles. The van der Waals surface area contributed by atoms with Crippen LogP contribution < -0.4 is 15.8 Å². The summed E-state index contributed by atoms with van der Waals surface area (Å²) in [7, 11) is 0. The van der Waals surface area contributed by atoms with Crippen molar-refractivity contribution in [3.05, 3.63) is 64.8 Å². The summed E-state index contributed by atoms with van der Waals surface area (Å²) in [5, 5.41) is 3.49. The molecule has 0 spiro atoms. The lowest BCUT2D eigenvalue weighted by molar-refractivity contribution is 0.0935. The summed E-state index contributed by atoms with van der Waals surface area (Å²) in [4.78, 5) is 13.4. The molecule has 3 N–H and O–H groups in total. The number of amides is 1. The maximum Gasteiger partial charge on any atom is 0.262 e. The van der Waals surface area contributed by atoms with Gasteiger partial charge >= 0.3 is 0 Å². The molecule has 1 saturated carbocycles. The number of benzene rings is 2. The van der Waals surface area contributed by atoms with Crippen LogP contribution in [0.25, 0.3) is 10.1 Å². The Hall–Kier alpha value is -2.44. The number of thiophene rings is 1. The Bertz CT molecular complexity index is 953. The number of nitrogens with one attached hydrogen (secondary N) is 1. The zero-order valence-electron chi connectivity index (χ0n) is 14.8. The van der Waals surface area contributed by atoms with E-state index < -0.39 is 0 Å². The van der Waals surface area contributed by atoms with Gasteiger partial charge in [-0.05, 0) is 43.0 Å². The van der Waals surface area contributed by atoms with Crippen LogP contribution in [0.3, 0.4) is 0 Å². The molecule has 1 aliphatic rings. The van der Waals surface area contributed by atoms with Gasteiger partial charge in [0, 0.05) is 28.2 Å². The molecule has 2 aromatic carbocycles. The molecule has 0 aliphatic heterocycles. The standard InChI is InChI=1S/C21H21FN2O2S/c22-16-7-4-8-18-19(16)15(12-26-14-5-2-1-3-6-14)20(27-18)21(25)24-17(11-23)13-9-10-13/h1-8,13,17H,9-12,23H2,(H,24,25). The third-order valence-electron chi connectivity index (χ3n) is 4.86. The Morgan fingerprint density at radius 2 is 2.00 bits per heavy atom. The van der Waals surface area contributed by atoms with E-state index in [0.717, 1.165) is 17.5 Å². The summed E-state index contributed by atoms with van der Waals surface area (Å²) in [5.41, 5.74) is 6.40. The number of fused-ring (bicyclic) bond motifs is 1. The molecule has 0 bridgehead atoms. The molecular weight excluding hydrogens is 363 g/mol. The van der Waals surface area contributed by atoms with Crippen molar-refractivity contribution in [1.29, 1.82) is 0 Å². The lowest BCUT2D eigenvalue weighted by Gasteiger charge is -2.16. The zero-order chi connectivity index (χ0) is 18.8. The number of carbonyl (C=O) groups excluding carboxylic acids is 1. The van der Waals surface area contributed by atoms with Crippen LogP contribution >= 0.6 is 11.3 Å². The van der Waals surface area contributed by atoms with E-state index in [1.807, 2.05) is 36.4 Å². The number of nitrogens with two attached hydrogens (primary N) is 1. The van der Waals surface area contributed by atoms with Crippen molar-refractivity contribution in [2.45, 2.75) is 25.5 Å². The van der Waals surface area contributed by atoms with E-state index in [2.05, 4.69) is 5.32 Å². The summed E-state index contributed by atoms with van der Waals surface area (Å²) >= 11 is 1.29. The number of ether oxygens (including phenoxy) is 1. The molecular formula is C21H21FN2O2S. The van der Waals surface area contributed by atoms with Crippen LogP contribution in [-0.2, 0) is 6.61 Å². The SMILES string of the molecule is NCC(NC(=O)c1sc2cccc(F)c2c1COc1ccccc1)C1CC1. The second-order valence-electron chi connectivity index (χ2n) is 6.78. The molecule has 1 fully saturated rings. The monoisotopic (exact) mass is 384 g/mol. The third-order valence-corrected chi connectivity index (χ3v) is 6.05.